The molecule has 2 aromatic rings. The fourth-order valence-corrected chi connectivity index (χ4v) is 2.57. The van der Waals surface area contributed by atoms with Gasteiger partial charge in [-0.25, -0.2) is 14.6 Å². The minimum atomic E-state index is -6.52. The molecule has 2 rings (SSSR count). The van der Waals surface area contributed by atoms with Gasteiger partial charge < -0.3 is 4.74 Å². The van der Waals surface area contributed by atoms with Crippen molar-refractivity contribution < 1.29 is 40.3 Å². The van der Waals surface area contributed by atoms with Crippen molar-refractivity contribution in [1.82, 2.24) is 19.7 Å². The normalized spacial score (nSPS) is 14.0. The molecule has 0 saturated carbocycles. The van der Waals surface area contributed by atoms with Gasteiger partial charge in [-0.2, -0.15) is 35.8 Å². The first-order valence-electron chi connectivity index (χ1n) is 7.44. The lowest BCUT2D eigenvalue weighted by atomic mass is 10.1. The molecule has 0 aromatic carbocycles. The van der Waals surface area contributed by atoms with Crippen LogP contribution >= 0.6 is 23.4 Å². The summed E-state index contributed by atoms with van der Waals surface area (Å²) in [5.74, 6) is -14.0. The number of ether oxygens (including phenoxy) is 1. The highest BCUT2D eigenvalue weighted by Gasteiger charge is 2.75. The topological polar surface area (TPSA) is 69.9 Å². The maximum absolute atomic E-state index is 13.5. The number of esters is 1. The number of aromatic nitrogens is 4. The summed E-state index contributed by atoms with van der Waals surface area (Å²) >= 11 is 6.30. The van der Waals surface area contributed by atoms with Crippen molar-refractivity contribution >= 4 is 29.3 Å². The van der Waals surface area contributed by atoms with Crippen molar-refractivity contribution in [2.75, 3.05) is 5.75 Å². The molecule has 0 aliphatic heterocycles. The number of alkyl halides is 7. The second kappa shape index (κ2) is 8.34. The molecule has 1 atom stereocenters. The van der Waals surface area contributed by atoms with Gasteiger partial charge in [0, 0.05) is 12.3 Å². The Morgan fingerprint density at radius 3 is 2.48 bits per heavy atom. The number of hydrogen-bond donors (Lipinski definition) is 0. The predicted molar refractivity (Wildman–Crippen MR) is 86.4 cm³/mol. The highest BCUT2D eigenvalue weighted by Crippen LogP contribution is 2.48. The summed E-state index contributed by atoms with van der Waals surface area (Å²) in [4.78, 5) is 19.4. The molecule has 0 spiro atoms. The van der Waals surface area contributed by atoms with Crippen LogP contribution in [0.15, 0.2) is 29.8 Å². The smallest absolute Gasteiger partial charge is 0.455 e. The van der Waals surface area contributed by atoms with E-state index in [9.17, 15) is 35.5 Å². The van der Waals surface area contributed by atoms with Gasteiger partial charge in [0.1, 0.15) is 0 Å². The molecule has 6 nitrogen and oxygen atoms in total. The van der Waals surface area contributed by atoms with Crippen LogP contribution < -0.4 is 0 Å². The lowest BCUT2D eigenvalue weighted by Crippen LogP contribution is -2.58. The maximum atomic E-state index is 13.5. The van der Waals surface area contributed by atoms with Crippen molar-refractivity contribution in [3.63, 3.8) is 0 Å². The second-order valence-electron chi connectivity index (χ2n) is 5.42. The maximum Gasteiger partial charge on any atom is 0.460 e. The predicted octanol–water partition coefficient (Wildman–Crippen LogP) is 4.17. The van der Waals surface area contributed by atoms with Gasteiger partial charge >= 0.3 is 24.0 Å². The Morgan fingerprint density at radius 2 is 1.93 bits per heavy atom. The zero-order valence-corrected chi connectivity index (χ0v) is 15.7. The van der Waals surface area contributed by atoms with Crippen LogP contribution in [0.2, 0.25) is 5.02 Å². The van der Waals surface area contributed by atoms with E-state index in [0.717, 1.165) is 0 Å². The average Bonchev–Trinajstić information content (AvgIpc) is 3.05. The standard InChI is InChI=1S/C14H10ClF7N4O2S/c1-7(12(16,17)13(18,19)14(20,21)22)28-10(27)6-29-11-23-3-2-9(25-11)26-5-8(15)4-24-26/h2-5,7H,6H2,1H3. The van der Waals surface area contributed by atoms with E-state index in [0.29, 0.717) is 16.8 Å². The number of rotatable bonds is 7. The van der Waals surface area contributed by atoms with Crippen LogP contribution in [-0.2, 0) is 9.53 Å². The Bertz CT molecular complexity index is 878. The second-order valence-corrected chi connectivity index (χ2v) is 6.80. The summed E-state index contributed by atoms with van der Waals surface area (Å²) < 4.78 is 94.7. The largest absolute Gasteiger partial charge is 0.460 e. The van der Waals surface area contributed by atoms with E-state index >= 15 is 0 Å². The van der Waals surface area contributed by atoms with E-state index in [-0.39, 0.29) is 17.9 Å². The first-order chi connectivity index (χ1) is 13.3. The number of nitrogens with zero attached hydrogens (tertiary/aromatic N) is 4. The fraction of sp³-hybridized carbons (Fsp3) is 0.429. The third-order valence-corrected chi connectivity index (χ3v) is 4.35. The summed E-state index contributed by atoms with van der Waals surface area (Å²) in [5, 5.41) is 4.15. The Balaban J connectivity index is 1.99. The quantitative estimate of drug-likeness (QED) is 0.264. The summed E-state index contributed by atoms with van der Waals surface area (Å²) in [6.45, 7) is 0.237. The molecule has 1 unspecified atom stereocenters. The molecule has 0 bridgehead atoms. The van der Waals surface area contributed by atoms with Crippen LogP contribution in [0.25, 0.3) is 5.82 Å². The number of hydrogen-bond acceptors (Lipinski definition) is 6. The van der Waals surface area contributed by atoms with E-state index in [4.69, 9.17) is 11.6 Å². The molecule has 0 aliphatic rings. The molecule has 0 amide bonds. The molecule has 160 valence electrons. The van der Waals surface area contributed by atoms with Crippen LogP contribution in [0.5, 0.6) is 0 Å². The Labute approximate surface area is 167 Å². The Hall–Kier alpha value is -2.09. The molecule has 15 heteroatoms. The monoisotopic (exact) mass is 466 g/mol. The van der Waals surface area contributed by atoms with Gasteiger partial charge in [-0.3, -0.25) is 4.79 Å². The third-order valence-electron chi connectivity index (χ3n) is 3.32. The fourth-order valence-electron chi connectivity index (χ4n) is 1.83. The molecular formula is C14H10ClF7N4O2S. The minimum Gasteiger partial charge on any atom is -0.455 e. The van der Waals surface area contributed by atoms with Crippen molar-refractivity contribution in [2.24, 2.45) is 0 Å². The molecular weight excluding hydrogens is 457 g/mol. The van der Waals surface area contributed by atoms with Gasteiger partial charge in [0.05, 0.1) is 23.2 Å². The van der Waals surface area contributed by atoms with Gasteiger partial charge in [-0.05, 0) is 6.92 Å². The van der Waals surface area contributed by atoms with Crippen LogP contribution in [0.1, 0.15) is 6.92 Å². The van der Waals surface area contributed by atoms with E-state index < -0.39 is 35.8 Å². The molecule has 2 aromatic heterocycles. The zero-order valence-electron chi connectivity index (χ0n) is 14.1. The number of carbonyl (C=O) groups is 1. The molecule has 29 heavy (non-hydrogen) atoms. The summed E-state index contributed by atoms with van der Waals surface area (Å²) in [5.41, 5.74) is 0. The van der Waals surface area contributed by atoms with E-state index in [2.05, 4.69) is 19.8 Å². The Kier molecular flexibility index (Phi) is 6.67. The van der Waals surface area contributed by atoms with Gasteiger partial charge in [0.2, 0.25) is 0 Å². The first kappa shape index (κ1) is 23.2. The molecule has 0 aliphatic carbocycles. The summed E-state index contributed by atoms with van der Waals surface area (Å²) in [7, 11) is 0. The van der Waals surface area contributed by atoms with E-state index in [1.54, 1.807) is 0 Å². The molecule has 0 fully saturated rings. The van der Waals surface area contributed by atoms with Crippen LogP contribution in [-0.4, -0.2) is 55.6 Å². The Morgan fingerprint density at radius 1 is 1.28 bits per heavy atom. The lowest BCUT2D eigenvalue weighted by molar-refractivity contribution is -0.369. The van der Waals surface area contributed by atoms with Crippen molar-refractivity contribution in [2.45, 2.75) is 36.2 Å². The summed E-state index contributed by atoms with van der Waals surface area (Å²) in [6.07, 6.45) is -5.53. The molecule has 0 radical (unpaired) electrons. The SMILES string of the molecule is CC(OC(=O)CSc1nccc(-n2cc(Cl)cn2)n1)C(F)(F)C(F)(F)C(F)(F)F. The van der Waals surface area contributed by atoms with Crippen molar-refractivity contribution in [1.29, 1.82) is 0 Å². The number of halogens is 8. The van der Waals surface area contributed by atoms with Gasteiger partial charge in [-0.1, -0.05) is 23.4 Å². The highest BCUT2D eigenvalue weighted by molar-refractivity contribution is 7.99. The highest BCUT2D eigenvalue weighted by atomic mass is 35.5. The molecule has 2 heterocycles. The van der Waals surface area contributed by atoms with Gasteiger partial charge in [0.15, 0.2) is 17.1 Å². The molecule has 0 saturated heterocycles. The lowest BCUT2D eigenvalue weighted by Gasteiger charge is -2.31. The molecule has 0 N–H and O–H groups in total. The average molecular weight is 467 g/mol. The minimum absolute atomic E-state index is 0.0360. The van der Waals surface area contributed by atoms with Crippen LogP contribution in [0.3, 0.4) is 0 Å². The zero-order chi connectivity index (χ0) is 22.0. The van der Waals surface area contributed by atoms with Gasteiger partial charge in [0.25, 0.3) is 0 Å². The van der Waals surface area contributed by atoms with Crippen molar-refractivity contribution in [3.05, 3.63) is 29.7 Å². The van der Waals surface area contributed by atoms with Gasteiger partial charge in [-0.15, -0.1) is 0 Å². The third kappa shape index (κ3) is 5.10. The number of carbonyl (C=O) groups excluding carboxylic acids is 1. The van der Waals surface area contributed by atoms with Crippen molar-refractivity contribution in [3.8, 4) is 5.82 Å². The summed E-state index contributed by atoms with van der Waals surface area (Å²) in [6, 6.07) is 1.44. The first-order valence-corrected chi connectivity index (χ1v) is 8.80. The number of thioether (sulfide) groups is 1. The van der Waals surface area contributed by atoms with Crippen LogP contribution in [0, 0.1) is 0 Å². The van der Waals surface area contributed by atoms with Crippen LogP contribution in [0.4, 0.5) is 30.7 Å². The van der Waals surface area contributed by atoms with E-state index in [1.165, 1.54) is 29.3 Å². The van der Waals surface area contributed by atoms with E-state index in [1.807, 2.05) is 0 Å².